The molecule has 0 bridgehead atoms. The summed E-state index contributed by atoms with van der Waals surface area (Å²) in [6.45, 7) is 12.2. The van der Waals surface area contributed by atoms with E-state index in [0.29, 0.717) is 12.8 Å². The van der Waals surface area contributed by atoms with E-state index >= 15 is 0 Å². The highest BCUT2D eigenvalue weighted by Crippen LogP contribution is 2.38. The Balaban J connectivity index is 2.63. The minimum absolute atomic E-state index is 0.0165. The molecule has 1 heterocycles. The molecule has 1 rings (SSSR count). The van der Waals surface area contributed by atoms with E-state index in [9.17, 15) is 9.59 Å². The second-order valence-corrected chi connectivity index (χ2v) is 11.3. The van der Waals surface area contributed by atoms with Gasteiger partial charge in [0.05, 0.1) is 6.42 Å². The molecule has 1 aliphatic rings. The first-order valence-electron chi connectivity index (χ1n) is 6.40. The average molecular weight is 272 g/mol. The fourth-order valence-electron chi connectivity index (χ4n) is 1.56. The maximum atomic E-state index is 11.7. The lowest BCUT2D eigenvalue weighted by Gasteiger charge is -2.40. The van der Waals surface area contributed by atoms with Gasteiger partial charge >= 0.3 is 5.97 Å². The molecule has 0 aromatic carbocycles. The minimum Gasteiger partial charge on any atom is -0.462 e. The van der Waals surface area contributed by atoms with Crippen molar-refractivity contribution >= 4 is 20.1 Å². The Morgan fingerprint density at radius 3 is 2.33 bits per heavy atom. The predicted molar refractivity (Wildman–Crippen MR) is 71.9 cm³/mol. The molecule has 5 heteroatoms. The topological polar surface area (TPSA) is 52.6 Å². The Morgan fingerprint density at radius 1 is 1.50 bits per heavy atom. The first-order valence-corrected chi connectivity index (χ1v) is 9.31. The molecule has 4 nitrogen and oxygen atoms in total. The van der Waals surface area contributed by atoms with E-state index in [2.05, 4.69) is 33.9 Å². The van der Waals surface area contributed by atoms with Crippen LogP contribution in [0, 0.1) is 0 Å². The number of hydrogen-bond donors (Lipinski definition) is 0. The van der Waals surface area contributed by atoms with Gasteiger partial charge in [-0.2, -0.15) is 0 Å². The van der Waals surface area contributed by atoms with Crippen molar-refractivity contribution in [2.75, 3.05) is 0 Å². The Hall–Kier alpha value is -0.683. The summed E-state index contributed by atoms with van der Waals surface area (Å²) in [6.07, 6.45) is 0.318. The number of rotatable bonds is 5. The van der Waals surface area contributed by atoms with E-state index in [1.807, 2.05) is 0 Å². The molecule has 0 saturated carbocycles. The molecule has 18 heavy (non-hydrogen) atoms. The second kappa shape index (κ2) is 5.13. The van der Waals surface area contributed by atoms with Crippen LogP contribution in [0.3, 0.4) is 0 Å². The van der Waals surface area contributed by atoms with Crippen LogP contribution in [0.4, 0.5) is 0 Å². The largest absolute Gasteiger partial charge is 0.462 e. The monoisotopic (exact) mass is 272 g/mol. The number of esters is 1. The van der Waals surface area contributed by atoms with Gasteiger partial charge in [0.25, 0.3) is 0 Å². The molecule has 0 aromatic rings. The summed E-state index contributed by atoms with van der Waals surface area (Å²) < 4.78 is 11.1. The van der Waals surface area contributed by atoms with Crippen LogP contribution < -0.4 is 0 Å². The van der Waals surface area contributed by atoms with Crippen molar-refractivity contribution in [2.24, 2.45) is 0 Å². The molecular weight excluding hydrogens is 248 g/mol. The lowest BCUT2D eigenvalue weighted by molar-refractivity contribution is -0.172. The van der Waals surface area contributed by atoms with Crippen molar-refractivity contribution in [3.05, 3.63) is 0 Å². The number of cyclic esters (lactones) is 1. The highest BCUT2D eigenvalue weighted by Gasteiger charge is 2.42. The number of carbonyl (C=O) groups is 2. The Bertz CT molecular complexity index is 335. The number of Topliss-reactive ketones (excluding diaryl/α,β-unsaturated/α-hetero) is 1. The van der Waals surface area contributed by atoms with Gasteiger partial charge in [0.15, 0.2) is 14.1 Å². The molecule has 1 aliphatic heterocycles. The van der Waals surface area contributed by atoms with Gasteiger partial charge < -0.3 is 9.16 Å². The molecular formula is C13H24O4Si. The predicted octanol–water partition coefficient (Wildman–Crippen LogP) is 2.67. The van der Waals surface area contributed by atoms with Gasteiger partial charge in [0, 0.05) is 6.42 Å². The summed E-state index contributed by atoms with van der Waals surface area (Å²) in [7, 11) is -1.96. The molecule has 0 aliphatic carbocycles. The van der Waals surface area contributed by atoms with Crippen molar-refractivity contribution in [1.29, 1.82) is 0 Å². The van der Waals surface area contributed by atoms with Gasteiger partial charge in [0.2, 0.25) is 0 Å². The third-order valence-electron chi connectivity index (χ3n) is 3.87. The van der Waals surface area contributed by atoms with Crippen LogP contribution in [-0.2, 0) is 18.8 Å². The molecule has 1 saturated heterocycles. The number of carbonyl (C=O) groups excluding carboxylic acids is 2. The van der Waals surface area contributed by atoms with E-state index in [-0.39, 0.29) is 22.9 Å². The summed E-state index contributed by atoms with van der Waals surface area (Å²) in [5.41, 5.74) is 0. The summed E-state index contributed by atoms with van der Waals surface area (Å²) in [4.78, 5) is 22.4. The molecule has 104 valence electrons. The Kier molecular flexibility index (Phi) is 4.38. The van der Waals surface area contributed by atoms with Crippen LogP contribution in [0.1, 0.15) is 40.5 Å². The van der Waals surface area contributed by atoms with Crippen molar-refractivity contribution in [3.63, 3.8) is 0 Å². The molecule has 2 atom stereocenters. The Labute approximate surface area is 110 Å². The number of ketones is 1. The zero-order valence-electron chi connectivity index (χ0n) is 12.2. The van der Waals surface area contributed by atoms with Gasteiger partial charge in [-0.1, -0.05) is 20.8 Å². The molecule has 0 N–H and O–H groups in total. The highest BCUT2D eigenvalue weighted by molar-refractivity contribution is 6.74. The van der Waals surface area contributed by atoms with Gasteiger partial charge in [-0.15, -0.1) is 0 Å². The third-order valence-corrected chi connectivity index (χ3v) is 8.35. The second-order valence-electron chi connectivity index (χ2n) is 6.53. The third kappa shape index (κ3) is 3.65. The number of hydrogen-bond acceptors (Lipinski definition) is 4. The summed E-state index contributed by atoms with van der Waals surface area (Å²) in [5, 5.41) is 0.0665. The molecule has 0 unspecified atom stereocenters. The van der Waals surface area contributed by atoms with E-state index in [1.54, 1.807) is 0 Å². The quantitative estimate of drug-likeness (QED) is 0.570. The summed E-state index contributed by atoms with van der Waals surface area (Å²) in [6, 6.07) is 0. The first kappa shape index (κ1) is 15.4. The summed E-state index contributed by atoms with van der Waals surface area (Å²) >= 11 is 0. The SMILES string of the molecule is CC(=O)[C@@H](C[C@@H]1CC(=O)O1)O[Si](C)(C)C(C)(C)C. The zero-order chi connectivity index (χ0) is 14.1. The van der Waals surface area contributed by atoms with Crippen LogP contribution in [0.5, 0.6) is 0 Å². The van der Waals surface area contributed by atoms with Crippen LogP contribution in [0.15, 0.2) is 0 Å². The smallest absolute Gasteiger partial charge is 0.309 e. The maximum Gasteiger partial charge on any atom is 0.309 e. The highest BCUT2D eigenvalue weighted by atomic mass is 28.4. The first-order chi connectivity index (χ1) is 8.03. The maximum absolute atomic E-state index is 11.7. The fraction of sp³-hybridized carbons (Fsp3) is 0.846. The fourth-order valence-corrected chi connectivity index (χ4v) is 2.89. The molecule has 0 spiro atoms. The van der Waals surface area contributed by atoms with Gasteiger partial charge in [-0.25, -0.2) is 0 Å². The summed E-state index contributed by atoms with van der Waals surface area (Å²) in [5.74, 6) is -0.169. The normalized spacial score (nSPS) is 22.1. The van der Waals surface area contributed by atoms with E-state index in [0.717, 1.165) is 0 Å². The lowest BCUT2D eigenvalue weighted by atomic mass is 10.0. The number of ether oxygens (including phenoxy) is 1. The van der Waals surface area contributed by atoms with Crippen LogP contribution >= 0.6 is 0 Å². The van der Waals surface area contributed by atoms with Crippen molar-refractivity contribution in [1.82, 2.24) is 0 Å². The van der Waals surface area contributed by atoms with Crippen molar-refractivity contribution in [2.45, 2.75) is 70.9 Å². The van der Waals surface area contributed by atoms with Gasteiger partial charge in [-0.3, -0.25) is 9.59 Å². The van der Waals surface area contributed by atoms with E-state index in [1.165, 1.54) is 6.92 Å². The minimum atomic E-state index is -1.96. The Morgan fingerprint density at radius 2 is 2.00 bits per heavy atom. The van der Waals surface area contributed by atoms with Crippen LogP contribution in [0.2, 0.25) is 18.1 Å². The van der Waals surface area contributed by atoms with E-state index < -0.39 is 14.4 Å². The van der Waals surface area contributed by atoms with Gasteiger partial charge in [-0.05, 0) is 25.1 Å². The molecule has 0 aromatic heterocycles. The van der Waals surface area contributed by atoms with Gasteiger partial charge in [0.1, 0.15) is 12.2 Å². The van der Waals surface area contributed by atoms with Crippen molar-refractivity contribution in [3.8, 4) is 0 Å². The van der Waals surface area contributed by atoms with E-state index in [4.69, 9.17) is 9.16 Å². The zero-order valence-corrected chi connectivity index (χ0v) is 13.2. The average Bonchev–Trinajstić information content (AvgIpc) is 2.11. The molecule has 0 radical (unpaired) electrons. The van der Waals surface area contributed by atoms with Crippen LogP contribution in [0.25, 0.3) is 0 Å². The van der Waals surface area contributed by atoms with Crippen LogP contribution in [-0.4, -0.2) is 32.3 Å². The molecule has 0 amide bonds. The van der Waals surface area contributed by atoms with Crippen molar-refractivity contribution < 1.29 is 18.8 Å². The molecule has 1 fully saturated rings. The standard InChI is InChI=1S/C13H24O4Si/c1-9(14)11(7-10-8-12(15)16-10)17-18(5,6)13(2,3)4/h10-11H,7-8H2,1-6H3/t10-,11-/m1/s1. The lowest BCUT2D eigenvalue weighted by Crippen LogP contribution is -2.48.